The van der Waals surface area contributed by atoms with Crippen LogP contribution in [0.4, 0.5) is 0 Å². The van der Waals surface area contributed by atoms with Gasteiger partial charge in [0.2, 0.25) is 0 Å². The number of likely N-dealkylation sites (N-methyl/N-ethyl adjacent to an activating group) is 1. The smallest absolute Gasteiger partial charge is 0.330 e. The van der Waals surface area contributed by atoms with Crippen LogP contribution >= 0.6 is 0 Å². The number of nitrogens with zero attached hydrogens (tertiary/aromatic N) is 1. The summed E-state index contributed by atoms with van der Waals surface area (Å²) in [6.07, 6.45) is 1.72. The summed E-state index contributed by atoms with van der Waals surface area (Å²) in [7, 11) is 4.07. The third-order valence-electron chi connectivity index (χ3n) is 2.49. The Morgan fingerprint density at radius 1 is 1.44 bits per heavy atom. The number of carboxylic acids is 1. The zero-order chi connectivity index (χ0) is 12.7. The average molecular weight is 228 g/mol. The Morgan fingerprint density at radius 2 is 2.00 bits per heavy atom. The number of hydrogen-bond acceptors (Lipinski definition) is 3. The highest BCUT2D eigenvalue weighted by molar-refractivity contribution is 5.85. The molecule has 0 spiro atoms. The summed E-state index contributed by atoms with van der Waals surface area (Å²) in [5.74, 6) is -0.323. The molecule has 4 nitrogen and oxygen atoms in total. The molecule has 0 fully saturated rings. The van der Waals surface area contributed by atoms with Crippen molar-refractivity contribution < 1.29 is 9.90 Å². The van der Waals surface area contributed by atoms with Crippen LogP contribution in [0.2, 0.25) is 0 Å². The second kappa shape index (κ2) is 7.41. The van der Waals surface area contributed by atoms with Crippen LogP contribution in [-0.2, 0) is 4.79 Å². The van der Waals surface area contributed by atoms with Crippen molar-refractivity contribution in [2.45, 2.75) is 26.8 Å². The van der Waals surface area contributed by atoms with Gasteiger partial charge in [-0.1, -0.05) is 19.9 Å². The van der Waals surface area contributed by atoms with E-state index in [1.165, 1.54) is 0 Å². The summed E-state index contributed by atoms with van der Waals surface area (Å²) in [4.78, 5) is 12.7. The molecule has 0 aromatic rings. The number of carbonyl (C=O) groups is 1. The van der Waals surface area contributed by atoms with Crippen LogP contribution in [0.1, 0.15) is 20.8 Å². The van der Waals surface area contributed by atoms with Gasteiger partial charge < -0.3 is 15.3 Å². The zero-order valence-electron chi connectivity index (χ0n) is 10.9. The summed E-state index contributed by atoms with van der Waals surface area (Å²) in [5.41, 5.74) is 0.389. The van der Waals surface area contributed by atoms with Crippen LogP contribution < -0.4 is 5.32 Å². The topological polar surface area (TPSA) is 52.6 Å². The molecule has 0 aromatic heterocycles. The Bertz CT molecular complexity index is 247. The van der Waals surface area contributed by atoms with E-state index in [1.807, 2.05) is 14.1 Å². The van der Waals surface area contributed by atoms with Gasteiger partial charge in [-0.3, -0.25) is 0 Å². The van der Waals surface area contributed by atoms with Gasteiger partial charge in [0.05, 0.1) is 0 Å². The molecule has 1 atom stereocenters. The Morgan fingerprint density at radius 3 is 2.38 bits per heavy atom. The fourth-order valence-corrected chi connectivity index (χ4v) is 1.36. The lowest BCUT2D eigenvalue weighted by atomic mass is 10.0. The Labute approximate surface area is 98.3 Å². The molecule has 0 saturated carbocycles. The van der Waals surface area contributed by atoms with Gasteiger partial charge in [0, 0.05) is 24.7 Å². The van der Waals surface area contributed by atoms with Crippen molar-refractivity contribution in [2.75, 3.05) is 27.2 Å². The lowest BCUT2D eigenvalue weighted by molar-refractivity contribution is -0.132. The second-order valence-corrected chi connectivity index (χ2v) is 4.71. The third kappa shape index (κ3) is 6.58. The number of aliphatic carboxylic acids is 1. The molecule has 0 aliphatic heterocycles. The fourth-order valence-electron chi connectivity index (χ4n) is 1.36. The second-order valence-electron chi connectivity index (χ2n) is 4.71. The van der Waals surface area contributed by atoms with E-state index >= 15 is 0 Å². The Balaban J connectivity index is 4.12. The van der Waals surface area contributed by atoms with E-state index in [2.05, 4.69) is 24.1 Å². The van der Waals surface area contributed by atoms with Crippen LogP contribution in [0.5, 0.6) is 0 Å². The Hall–Kier alpha value is -0.870. The minimum Gasteiger partial charge on any atom is -0.478 e. The molecule has 0 rings (SSSR count). The maximum Gasteiger partial charge on any atom is 0.330 e. The number of carboxylic acid groups (broad SMARTS) is 1. The average Bonchev–Trinajstić information content (AvgIpc) is 2.14. The van der Waals surface area contributed by atoms with Gasteiger partial charge in [-0.05, 0) is 26.9 Å². The standard InChI is InChI=1S/C12H24N2O2/c1-9(2)11(8-14(4)5)13-7-6-10(3)12(15)16/h6,9,11,13H,7-8H2,1-5H3,(H,15,16)/b10-6-. The first-order valence-corrected chi connectivity index (χ1v) is 5.62. The van der Waals surface area contributed by atoms with Crippen molar-refractivity contribution in [1.29, 1.82) is 0 Å². The molecular formula is C12H24N2O2. The van der Waals surface area contributed by atoms with Gasteiger partial charge in [0.15, 0.2) is 0 Å². The van der Waals surface area contributed by atoms with Gasteiger partial charge in [0.25, 0.3) is 0 Å². The maximum atomic E-state index is 10.6. The van der Waals surface area contributed by atoms with Gasteiger partial charge in [-0.25, -0.2) is 4.79 Å². The summed E-state index contributed by atoms with van der Waals surface area (Å²) >= 11 is 0. The number of hydrogen-bond donors (Lipinski definition) is 2. The molecular weight excluding hydrogens is 204 g/mol. The van der Waals surface area contributed by atoms with E-state index in [4.69, 9.17) is 5.11 Å². The first-order valence-electron chi connectivity index (χ1n) is 5.62. The van der Waals surface area contributed by atoms with Gasteiger partial charge in [-0.2, -0.15) is 0 Å². The van der Waals surface area contributed by atoms with E-state index in [0.29, 0.717) is 24.1 Å². The van der Waals surface area contributed by atoms with Gasteiger partial charge in [0.1, 0.15) is 0 Å². The highest BCUT2D eigenvalue weighted by Gasteiger charge is 2.12. The van der Waals surface area contributed by atoms with Crippen molar-refractivity contribution in [2.24, 2.45) is 5.92 Å². The molecule has 0 aliphatic carbocycles. The van der Waals surface area contributed by atoms with Crippen LogP contribution in [0.3, 0.4) is 0 Å². The van der Waals surface area contributed by atoms with Crippen molar-refractivity contribution in [3.8, 4) is 0 Å². The molecule has 4 heteroatoms. The first-order chi connectivity index (χ1) is 7.34. The first kappa shape index (κ1) is 15.1. The highest BCUT2D eigenvalue weighted by Crippen LogP contribution is 2.02. The summed E-state index contributed by atoms with van der Waals surface area (Å²) in [6.45, 7) is 7.50. The van der Waals surface area contributed by atoms with Gasteiger partial charge in [-0.15, -0.1) is 0 Å². The molecule has 0 bridgehead atoms. The SMILES string of the molecule is C/C(=C/CNC(CN(C)C)C(C)C)C(=O)O. The predicted octanol–water partition coefficient (Wildman–Crippen LogP) is 1.19. The molecule has 0 radical (unpaired) electrons. The Kier molecular flexibility index (Phi) is 7.01. The lowest BCUT2D eigenvalue weighted by Crippen LogP contribution is -2.42. The molecule has 1 unspecified atom stereocenters. The van der Waals surface area contributed by atoms with E-state index in [-0.39, 0.29) is 0 Å². The molecule has 2 N–H and O–H groups in total. The molecule has 0 heterocycles. The van der Waals surface area contributed by atoms with Crippen LogP contribution in [-0.4, -0.2) is 49.2 Å². The van der Waals surface area contributed by atoms with Crippen molar-refractivity contribution in [3.63, 3.8) is 0 Å². The quantitative estimate of drug-likeness (QED) is 0.643. The van der Waals surface area contributed by atoms with Crippen LogP contribution in [0.25, 0.3) is 0 Å². The molecule has 16 heavy (non-hydrogen) atoms. The van der Waals surface area contributed by atoms with E-state index < -0.39 is 5.97 Å². The number of nitrogens with one attached hydrogen (secondary N) is 1. The molecule has 0 saturated heterocycles. The van der Waals surface area contributed by atoms with Gasteiger partial charge >= 0.3 is 5.97 Å². The fraction of sp³-hybridized carbons (Fsp3) is 0.750. The van der Waals surface area contributed by atoms with Crippen LogP contribution in [0.15, 0.2) is 11.6 Å². The minimum absolute atomic E-state index is 0.382. The minimum atomic E-state index is -0.851. The van der Waals surface area contributed by atoms with Crippen molar-refractivity contribution in [3.05, 3.63) is 11.6 Å². The van der Waals surface area contributed by atoms with Crippen LogP contribution in [0, 0.1) is 5.92 Å². The maximum absolute atomic E-state index is 10.6. The zero-order valence-corrected chi connectivity index (χ0v) is 10.9. The third-order valence-corrected chi connectivity index (χ3v) is 2.49. The number of rotatable bonds is 7. The van der Waals surface area contributed by atoms with E-state index in [9.17, 15) is 4.79 Å². The molecule has 94 valence electrons. The summed E-state index contributed by atoms with van der Waals surface area (Å²) in [6, 6.07) is 0.382. The lowest BCUT2D eigenvalue weighted by Gasteiger charge is -2.25. The molecule has 0 amide bonds. The van der Waals surface area contributed by atoms with E-state index in [1.54, 1.807) is 13.0 Å². The normalized spacial score (nSPS) is 14.6. The largest absolute Gasteiger partial charge is 0.478 e. The van der Waals surface area contributed by atoms with Crippen molar-refractivity contribution in [1.82, 2.24) is 10.2 Å². The van der Waals surface area contributed by atoms with E-state index in [0.717, 1.165) is 6.54 Å². The monoisotopic (exact) mass is 228 g/mol. The predicted molar refractivity (Wildman–Crippen MR) is 66.6 cm³/mol. The molecule has 0 aliphatic rings. The van der Waals surface area contributed by atoms with Crippen molar-refractivity contribution >= 4 is 5.97 Å². The summed E-state index contributed by atoms with van der Waals surface area (Å²) < 4.78 is 0. The summed E-state index contributed by atoms with van der Waals surface area (Å²) in [5, 5.41) is 12.1. The highest BCUT2D eigenvalue weighted by atomic mass is 16.4. The molecule has 0 aromatic carbocycles.